The van der Waals surface area contributed by atoms with E-state index in [1.165, 1.54) is 7.11 Å². The number of halogens is 3. The summed E-state index contributed by atoms with van der Waals surface area (Å²) in [6.07, 6.45) is -1.29. The first-order valence-corrected chi connectivity index (χ1v) is 5.42. The maximum atomic E-state index is 13.2. The molecule has 5 heteroatoms. The lowest BCUT2D eigenvalue weighted by molar-refractivity contribution is 0.114. The minimum Gasteiger partial charge on any atom is -0.497 e. The second-order valence-electron chi connectivity index (χ2n) is 2.72. The lowest BCUT2D eigenvalue weighted by atomic mass is 10.1. The van der Waals surface area contributed by atoms with E-state index in [0.717, 1.165) is 0 Å². The normalized spacial score (nSPS) is 13.8. The first kappa shape index (κ1) is 11.9. The van der Waals surface area contributed by atoms with E-state index in [-0.39, 0.29) is 0 Å². The molecule has 0 spiro atoms. The molecule has 0 radical (unpaired) electrons. The number of benzene rings is 1. The van der Waals surface area contributed by atoms with Gasteiger partial charge in [0.2, 0.25) is 3.49 Å². The molecule has 2 nitrogen and oxygen atoms in total. The minimum absolute atomic E-state index is 0.431. The molecule has 0 aromatic heterocycles. The Hall–Kier alpha value is -0.130. The third-order valence-corrected chi connectivity index (χ3v) is 2.59. The van der Waals surface area contributed by atoms with Crippen LogP contribution in [0.2, 0.25) is 0 Å². The summed E-state index contributed by atoms with van der Waals surface area (Å²) in [5.41, 5.74) is 0.431. The van der Waals surface area contributed by atoms with Gasteiger partial charge >= 0.3 is 0 Å². The number of rotatable bonds is 3. The Balaban J connectivity index is 2.95. The maximum absolute atomic E-state index is 13.2. The Morgan fingerprint density at radius 3 is 2.64 bits per heavy atom. The van der Waals surface area contributed by atoms with Crippen LogP contribution in [-0.4, -0.2) is 15.7 Å². The van der Waals surface area contributed by atoms with E-state index in [4.69, 9.17) is 4.74 Å². The van der Waals surface area contributed by atoms with Crippen molar-refractivity contribution in [2.75, 3.05) is 7.11 Å². The first-order valence-electron chi connectivity index (χ1n) is 3.84. The molecule has 14 heavy (non-hydrogen) atoms. The third kappa shape index (κ3) is 2.93. The summed E-state index contributed by atoms with van der Waals surface area (Å²) in [6, 6.07) is 6.59. The predicted octanol–water partition coefficient (Wildman–Crippen LogP) is 3.14. The summed E-state index contributed by atoms with van der Waals surface area (Å²) in [6.45, 7) is 0. The molecule has 0 aliphatic carbocycles. The number of alkyl halides is 3. The van der Waals surface area contributed by atoms with Crippen LogP contribution in [0.4, 0.5) is 4.39 Å². The molecular weight excluding hydrogens is 319 g/mol. The molecule has 0 fully saturated rings. The SMILES string of the molecule is COc1cccc(C(O)C(F)(Br)Br)c1. The summed E-state index contributed by atoms with van der Waals surface area (Å²) in [4.78, 5) is 0. The quantitative estimate of drug-likeness (QED) is 0.864. The Morgan fingerprint density at radius 1 is 1.50 bits per heavy atom. The van der Waals surface area contributed by atoms with Crippen molar-refractivity contribution in [3.8, 4) is 5.75 Å². The van der Waals surface area contributed by atoms with Gasteiger partial charge in [-0.25, -0.2) is 4.39 Å². The molecule has 1 aromatic rings. The Bertz CT molecular complexity index is 312. The van der Waals surface area contributed by atoms with Gasteiger partial charge < -0.3 is 9.84 Å². The molecule has 0 amide bonds. The van der Waals surface area contributed by atoms with Crippen molar-refractivity contribution >= 4 is 31.9 Å². The van der Waals surface area contributed by atoms with E-state index >= 15 is 0 Å². The fourth-order valence-corrected chi connectivity index (χ4v) is 1.53. The van der Waals surface area contributed by atoms with Crippen LogP contribution in [0.1, 0.15) is 11.7 Å². The third-order valence-electron chi connectivity index (χ3n) is 1.72. The average Bonchev–Trinajstić information content (AvgIpc) is 2.15. The first-order chi connectivity index (χ1) is 6.45. The molecule has 0 heterocycles. The molecule has 0 aliphatic rings. The van der Waals surface area contributed by atoms with Gasteiger partial charge in [-0.3, -0.25) is 0 Å². The number of hydrogen-bond donors (Lipinski definition) is 1. The van der Waals surface area contributed by atoms with Crippen LogP contribution in [0.3, 0.4) is 0 Å². The van der Waals surface area contributed by atoms with Crippen molar-refractivity contribution in [3.05, 3.63) is 29.8 Å². The van der Waals surface area contributed by atoms with Gasteiger partial charge in [-0.1, -0.05) is 12.1 Å². The zero-order valence-corrected chi connectivity index (χ0v) is 10.5. The predicted molar refractivity (Wildman–Crippen MR) is 59.6 cm³/mol. The lowest BCUT2D eigenvalue weighted by Gasteiger charge is -2.18. The van der Waals surface area contributed by atoms with Gasteiger partial charge in [0.25, 0.3) is 0 Å². The van der Waals surface area contributed by atoms with Crippen molar-refractivity contribution < 1.29 is 14.2 Å². The molecule has 1 N–H and O–H groups in total. The summed E-state index contributed by atoms with van der Waals surface area (Å²) in [7, 11) is 1.51. The summed E-state index contributed by atoms with van der Waals surface area (Å²) in [5, 5.41) is 9.55. The van der Waals surface area contributed by atoms with Crippen LogP contribution < -0.4 is 4.74 Å². The number of hydrogen-bond acceptors (Lipinski definition) is 2. The largest absolute Gasteiger partial charge is 0.497 e. The second kappa shape index (κ2) is 4.59. The highest BCUT2D eigenvalue weighted by Crippen LogP contribution is 2.41. The van der Waals surface area contributed by atoms with Crippen LogP contribution in [0.15, 0.2) is 24.3 Å². The standard InChI is InChI=1S/C9H9Br2FO2/c1-14-7-4-2-3-6(5-7)8(13)9(10,11)12/h2-5,8,13H,1H3. The Kier molecular flexibility index (Phi) is 3.92. The number of aliphatic hydroxyl groups is 1. The van der Waals surface area contributed by atoms with E-state index in [2.05, 4.69) is 31.9 Å². The smallest absolute Gasteiger partial charge is 0.248 e. The fourth-order valence-electron chi connectivity index (χ4n) is 1.00. The minimum atomic E-state index is -2.02. The van der Waals surface area contributed by atoms with E-state index in [1.807, 2.05) is 0 Å². The second-order valence-corrected chi connectivity index (χ2v) is 6.09. The van der Waals surface area contributed by atoms with Crippen LogP contribution in [0.25, 0.3) is 0 Å². The fraction of sp³-hybridized carbons (Fsp3) is 0.333. The number of methoxy groups -OCH3 is 1. The van der Waals surface area contributed by atoms with Gasteiger partial charge in [0.15, 0.2) is 0 Å². The van der Waals surface area contributed by atoms with E-state index < -0.39 is 9.59 Å². The van der Waals surface area contributed by atoms with Gasteiger partial charge in [0.1, 0.15) is 11.9 Å². The average molecular weight is 328 g/mol. The monoisotopic (exact) mass is 326 g/mol. The molecule has 1 aromatic carbocycles. The molecule has 1 rings (SSSR count). The van der Waals surface area contributed by atoms with E-state index in [0.29, 0.717) is 11.3 Å². The van der Waals surface area contributed by atoms with Gasteiger partial charge in [0, 0.05) is 0 Å². The molecule has 1 atom stereocenters. The zero-order valence-electron chi connectivity index (χ0n) is 7.38. The van der Waals surface area contributed by atoms with Crippen molar-refractivity contribution in [2.45, 2.75) is 9.59 Å². The summed E-state index contributed by atoms with van der Waals surface area (Å²) in [5.74, 6) is 0.575. The number of aliphatic hydroxyl groups excluding tert-OH is 1. The maximum Gasteiger partial charge on any atom is 0.248 e. The molecule has 78 valence electrons. The van der Waals surface area contributed by atoms with Crippen molar-refractivity contribution in [1.29, 1.82) is 0 Å². The molecule has 0 saturated heterocycles. The van der Waals surface area contributed by atoms with Crippen molar-refractivity contribution in [3.63, 3.8) is 0 Å². The van der Waals surface area contributed by atoms with Gasteiger partial charge in [-0.15, -0.1) is 0 Å². The lowest BCUT2D eigenvalue weighted by Crippen LogP contribution is -2.16. The van der Waals surface area contributed by atoms with Crippen LogP contribution >= 0.6 is 31.9 Å². The van der Waals surface area contributed by atoms with Gasteiger partial charge in [-0.2, -0.15) is 0 Å². The summed E-state index contributed by atoms with van der Waals surface area (Å²) < 4.78 is 16.2. The van der Waals surface area contributed by atoms with Crippen LogP contribution in [0.5, 0.6) is 5.75 Å². The van der Waals surface area contributed by atoms with Gasteiger partial charge in [0.05, 0.1) is 7.11 Å². The van der Waals surface area contributed by atoms with Crippen molar-refractivity contribution in [1.82, 2.24) is 0 Å². The molecule has 0 aliphatic heterocycles. The number of ether oxygens (including phenoxy) is 1. The molecular formula is C9H9Br2FO2. The molecule has 1 unspecified atom stereocenters. The Labute approximate surface area is 98.3 Å². The van der Waals surface area contributed by atoms with Crippen molar-refractivity contribution in [2.24, 2.45) is 0 Å². The molecule has 0 bridgehead atoms. The zero-order chi connectivity index (χ0) is 10.8. The highest BCUT2D eigenvalue weighted by atomic mass is 79.9. The van der Waals surface area contributed by atoms with E-state index in [1.54, 1.807) is 24.3 Å². The highest BCUT2D eigenvalue weighted by molar-refractivity contribution is 9.25. The Morgan fingerprint density at radius 2 is 2.14 bits per heavy atom. The van der Waals surface area contributed by atoms with Crippen LogP contribution in [-0.2, 0) is 0 Å². The highest BCUT2D eigenvalue weighted by Gasteiger charge is 2.33. The van der Waals surface area contributed by atoms with E-state index in [9.17, 15) is 9.50 Å². The van der Waals surface area contributed by atoms with Crippen LogP contribution in [0, 0.1) is 0 Å². The molecule has 0 saturated carbocycles. The topological polar surface area (TPSA) is 29.5 Å². The van der Waals surface area contributed by atoms with Gasteiger partial charge in [-0.05, 0) is 49.6 Å². The summed E-state index contributed by atoms with van der Waals surface area (Å²) >= 11 is 5.37.